The molecule has 2 aromatic rings. The number of ketones is 1. The number of aliphatic hydroxyl groups excluding tert-OH is 4. The van der Waals surface area contributed by atoms with E-state index >= 15 is 0 Å². The van der Waals surface area contributed by atoms with E-state index in [0.29, 0.717) is 61.6 Å². The van der Waals surface area contributed by atoms with Crippen molar-refractivity contribution in [1.82, 2.24) is 10.9 Å². The minimum Gasteiger partial charge on any atom is -0.507 e. The number of hydrogen-bond acceptors (Lipinski definition) is 14. The maximum absolute atomic E-state index is 13.5. The van der Waals surface area contributed by atoms with E-state index in [1.807, 2.05) is 0 Å². The fraction of sp³-hybridized carbons (Fsp3) is 0.754. The van der Waals surface area contributed by atoms with E-state index < -0.39 is 82.0 Å². The highest BCUT2D eigenvalue weighted by Crippen LogP contribution is 2.83. The number of fused-ring (bicyclic) bond motifs is 5. The SMILES string of the molecule is CC(=O)c1c(C)c(O)c2cc(C(=O)O)cc(OC3OC4C(O)C5(CCCC5)CC5OC4(CC4C6=C5CC=C6C5(CCO)COCC6CC78CC4(NNC7CC4(CC7(CCCC7)CC47CCC4(CCCC4)C7)C8)C65)C(O)C3O)c2c1O. The number of carboxylic acids is 1. The fourth-order valence-electron chi connectivity index (χ4n) is 24.3. The van der Waals surface area contributed by atoms with Gasteiger partial charge in [-0.1, -0.05) is 44.6 Å². The van der Waals surface area contributed by atoms with Crippen LogP contribution in [0.2, 0.25) is 0 Å². The molecule has 16 unspecified atom stereocenters. The Morgan fingerprint density at radius 2 is 1.52 bits per heavy atom. The van der Waals surface area contributed by atoms with Gasteiger partial charge >= 0.3 is 5.97 Å². The first kappa shape index (κ1) is 52.0. The van der Waals surface area contributed by atoms with Crippen molar-refractivity contribution in [2.45, 2.75) is 228 Å². The molecule has 8 spiro atoms. The van der Waals surface area contributed by atoms with Gasteiger partial charge in [0.05, 0.1) is 35.3 Å². The Balaban J connectivity index is 0.838. The first-order valence-electron chi connectivity index (χ1n) is 31.3. The summed E-state index contributed by atoms with van der Waals surface area (Å²) < 4.78 is 28.4. The van der Waals surface area contributed by atoms with Crippen molar-refractivity contribution < 1.29 is 64.3 Å². The second-order valence-electron chi connectivity index (χ2n) is 30.1. The van der Waals surface area contributed by atoms with Crippen LogP contribution in [0.5, 0.6) is 17.2 Å². The molecule has 15 heteroatoms. The number of hydrazine groups is 1. The Labute approximate surface area is 468 Å². The second kappa shape index (κ2) is 17.0. The zero-order chi connectivity index (χ0) is 54.9. The Kier molecular flexibility index (Phi) is 11.1. The summed E-state index contributed by atoms with van der Waals surface area (Å²) in [6.45, 7) is 3.88. The van der Waals surface area contributed by atoms with Crippen LogP contribution in [0, 0.1) is 62.6 Å². The molecule has 4 bridgehead atoms. The Morgan fingerprint density at radius 3 is 2.26 bits per heavy atom. The number of carboxylic acid groups (broad SMARTS) is 1. The number of carbonyl (C=O) groups is 2. The van der Waals surface area contributed by atoms with Crippen molar-refractivity contribution in [3.8, 4) is 17.2 Å². The summed E-state index contributed by atoms with van der Waals surface area (Å²) >= 11 is 0. The van der Waals surface area contributed by atoms with Gasteiger partial charge in [-0.15, -0.1) is 0 Å². The van der Waals surface area contributed by atoms with Gasteiger partial charge < -0.3 is 54.7 Å². The van der Waals surface area contributed by atoms with Crippen molar-refractivity contribution in [2.24, 2.45) is 55.7 Å². The van der Waals surface area contributed by atoms with E-state index in [2.05, 4.69) is 16.9 Å². The normalized spacial score (nSPS) is 45.5. The minimum atomic E-state index is -1.83. The summed E-state index contributed by atoms with van der Waals surface area (Å²) in [5.74, 6) is -3.17. The molecular formula is C65H84N2O13. The van der Waals surface area contributed by atoms with Gasteiger partial charge in [0.25, 0.3) is 0 Å². The number of carbonyl (C=O) groups excluding carboxylic acids is 1. The predicted octanol–water partition coefficient (Wildman–Crippen LogP) is 8.89. The number of aromatic carboxylic acids is 1. The van der Waals surface area contributed by atoms with Crippen molar-refractivity contribution in [2.75, 3.05) is 19.8 Å². The van der Waals surface area contributed by atoms with E-state index in [1.54, 1.807) is 0 Å². The van der Waals surface area contributed by atoms with Gasteiger partial charge in [0.1, 0.15) is 41.2 Å². The molecule has 14 aliphatic rings. The highest BCUT2D eigenvalue weighted by molar-refractivity contribution is 6.11. The largest absolute Gasteiger partial charge is 0.507 e. The van der Waals surface area contributed by atoms with Crippen LogP contribution in [0.25, 0.3) is 10.8 Å². The molecule has 16 atom stereocenters. The molecule has 8 saturated carbocycles. The lowest BCUT2D eigenvalue weighted by Gasteiger charge is -2.72. The van der Waals surface area contributed by atoms with E-state index in [1.165, 1.54) is 127 Å². The topological polar surface area (TPSA) is 237 Å². The van der Waals surface area contributed by atoms with Crippen LogP contribution in [0.4, 0.5) is 0 Å². The minimum absolute atomic E-state index is 0.0169. The number of ether oxygens (including phenoxy) is 4. The Hall–Kier alpha value is -3.64. The molecule has 9 N–H and O–H groups in total. The number of rotatable bonds is 6. The lowest BCUT2D eigenvalue weighted by Crippen LogP contribution is -2.81. The number of hydrogen-bond donors (Lipinski definition) is 9. The molecule has 2 aromatic carbocycles. The number of allylic oxidation sites excluding steroid dienone is 1. The average molecular weight is 1100 g/mol. The first-order chi connectivity index (χ1) is 38.3. The summed E-state index contributed by atoms with van der Waals surface area (Å²) in [7, 11) is 0. The average Bonchev–Trinajstić information content (AvgIpc) is 1.63. The standard InChI is InChI=1S/C65H84N2O13/c1-34-45(35(2)69)49(71)47-39(48(34)70)21-36(55(75)76)22-42(47)78-56-50(72)52(73)65-24-41-46-38(43(80-65)25-59(15-7-8-16-59)53(74)54(65)79-56)9-10-40(46)63(19-20-68)33-77-27-37-23-60-31-62(26-44(60)66-67-64(41,32-60)51(37)63)30-58(13-5-6-14-58)29-61(62)18-17-57(28-61)11-3-4-12-57/h10,21-22,37,41,43-44,50-54,56,66-68,70-74H,3-9,11-20,23-33H2,1-2H3,(H,75,76). The van der Waals surface area contributed by atoms with Crippen LogP contribution < -0.4 is 15.6 Å². The molecule has 5 aliphatic heterocycles. The van der Waals surface area contributed by atoms with E-state index in [4.69, 9.17) is 18.9 Å². The van der Waals surface area contributed by atoms with Crippen molar-refractivity contribution >= 4 is 22.5 Å². The van der Waals surface area contributed by atoms with Gasteiger partial charge in [0.15, 0.2) is 5.78 Å². The quantitative estimate of drug-likeness (QED) is 0.0970. The number of aromatic hydroxyl groups is 2. The highest BCUT2D eigenvalue weighted by Gasteiger charge is 2.80. The van der Waals surface area contributed by atoms with Crippen LogP contribution in [0.15, 0.2) is 34.9 Å². The Bertz CT molecular complexity index is 3070. The van der Waals surface area contributed by atoms with Gasteiger partial charge in [0.2, 0.25) is 6.29 Å². The number of nitrogens with one attached hydrogen (secondary N) is 2. The molecule has 80 heavy (non-hydrogen) atoms. The zero-order valence-corrected chi connectivity index (χ0v) is 46.9. The molecule has 5 heterocycles. The molecule has 0 aromatic heterocycles. The zero-order valence-electron chi connectivity index (χ0n) is 46.9. The maximum atomic E-state index is 13.5. The molecule has 432 valence electrons. The number of phenols is 2. The lowest BCUT2D eigenvalue weighted by atomic mass is 9.39. The first-order valence-corrected chi connectivity index (χ1v) is 31.3. The summed E-state index contributed by atoms with van der Waals surface area (Å²) in [6, 6.07) is 2.62. The van der Waals surface area contributed by atoms with Crippen LogP contribution >= 0.6 is 0 Å². The van der Waals surface area contributed by atoms with Crippen LogP contribution in [0.3, 0.4) is 0 Å². The maximum Gasteiger partial charge on any atom is 0.335 e. The Morgan fingerprint density at radius 1 is 0.800 bits per heavy atom. The molecule has 16 rings (SSSR count). The van der Waals surface area contributed by atoms with Gasteiger partial charge in [-0.3, -0.25) is 15.6 Å². The molecular weight excluding hydrogens is 1020 g/mol. The molecule has 4 saturated heterocycles. The molecule has 12 fully saturated rings. The van der Waals surface area contributed by atoms with Crippen molar-refractivity contribution in [1.29, 1.82) is 0 Å². The van der Waals surface area contributed by atoms with Crippen LogP contribution in [0.1, 0.15) is 194 Å². The molecule has 15 nitrogen and oxygen atoms in total. The van der Waals surface area contributed by atoms with Crippen molar-refractivity contribution in [3.05, 3.63) is 51.6 Å². The summed E-state index contributed by atoms with van der Waals surface area (Å²) in [5, 5.41) is 84.6. The second-order valence-corrected chi connectivity index (χ2v) is 30.1. The third kappa shape index (κ3) is 6.49. The van der Waals surface area contributed by atoms with Gasteiger partial charge in [0, 0.05) is 52.5 Å². The monoisotopic (exact) mass is 1100 g/mol. The highest BCUT2D eigenvalue weighted by atomic mass is 16.7. The van der Waals surface area contributed by atoms with E-state index in [-0.39, 0.29) is 80.9 Å². The fourth-order valence-corrected chi connectivity index (χ4v) is 24.3. The van der Waals surface area contributed by atoms with Gasteiger partial charge in [-0.05, 0) is 204 Å². The van der Waals surface area contributed by atoms with Gasteiger partial charge in [-0.2, -0.15) is 0 Å². The molecule has 9 aliphatic carbocycles. The van der Waals surface area contributed by atoms with Crippen molar-refractivity contribution in [3.63, 3.8) is 0 Å². The number of phenolic OH excluding ortho intramolecular Hbond substituents is 2. The van der Waals surface area contributed by atoms with Gasteiger partial charge in [-0.25, -0.2) is 4.79 Å². The van der Waals surface area contributed by atoms with E-state index in [9.17, 15) is 45.3 Å². The smallest absolute Gasteiger partial charge is 0.335 e. The summed E-state index contributed by atoms with van der Waals surface area (Å²) in [4.78, 5) is 25.7. The number of benzene rings is 2. The lowest BCUT2D eigenvalue weighted by molar-refractivity contribution is -0.340. The third-order valence-corrected chi connectivity index (χ3v) is 26.7. The van der Waals surface area contributed by atoms with E-state index in [0.717, 1.165) is 37.3 Å². The number of Topliss-reactive ketones (excluding diaryl/α,β-unsaturated/α-hetero) is 1. The summed E-state index contributed by atoms with van der Waals surface area (Å²) in [5.41, 5.74) is 9.77. The van der Waals surface area contributed by atoms with Crippen LogP contribution in [-0.4, -0.2) is 121 Å². The number of aliphatic hydroxyl groups is 4. The molecule has 0 radical (unpaired) electrons. The predicted molar refractivity (Wildman–Crippen MR) is 293 cm³/mol. The molecule has 0 amide bonds. The third-order valence-electron chi connectivity index (χ3n) is 26.7. The van der Waals surface area contributed by atoms with Crippen LogP contribution in [-0.2, 0) is 14.2 Å². The summed E-state index contributed by atoms with van der Waals surface area (Å²) in [6.07, 6.45) is 21.4.